The van der Waals surface area contributed by atoms with E-state index in [9.17, 15) is 14.7 Å². The third-order valence-corrected chi connectivity index (χ3v) is 2.52. The van der Waals surface area contributed by atoms with Gasteiger partial charge >= 0.3 is 12.1 Å². The third-order valence-electron chi connectivity index (χ3n) is 2.52. The fourth-order valence-corrected chi connectivity index (χ4v) is 1.68. The van der Waals surface area contributed by atoms with E-state index >= 15 is 0 Å². The molecule has 0 aliphatic carbocycles. The molecule has 0 bridgehead atoms. The van der Waals surface area contributed by atoms with Crippen molar-refractivity contribution in [1.29, 1.82) is 0 Å². The van der Waals surface area contributed by atoms with E-state index in [0.717, 1.165) is 0 Å². The molecule has 0 aromatic rings. The molecule has 24 heavy (non-hydrogen) atoms. The monoisotopic (exact) mass is 344 g/mol. The fraction of sp³-hybridized carbons (Fsp3) is 0.867. The van der Waals surface area contributed by atoms with Gasteiger partial charge in [0.1, 0.15) is 17.2 Å². The Morgan fingerprint density at radius 2 is 1.71 bits per heavy atom. The molecule has 138 valence electrons. The molecule has 2 atom stereocenters. The van der Waals surface area contributed by atoms with Crippen LogP contribution < -0.4 is 5.32 Å². The maximum Gasteiger partial charge on any atom is 0.408 e. The first kappa shape index (κ1) is 22.0. The molecule has 9 heteroatoms. The number of nitrogens with one attached hydrogen (secondary N) is 1. The lowest BCUT2D eigenvalue weighted by Crippen LogP contribution is -2.47. The lowest BCUT2D eigenvalue weighted by Gasteiger charge is -2.27. The number of aliphatic hydroxyl groups excluding tert-OH is 1. The number of hydrogen-bond donors (Lipinski definition) is 2. The Bertz CT molecular complexity index is 475. The van der Waals surface area contributed by atoms with Gasteiger partial charge < -0.3 is 19.9 Å². The van der Waals surface area contributed by atoms with Gasteiger partial charge in [0.25, 0.3) is 0 Å². The van der Waals surface area contributed by atoms with Crippen molar-refractivity contribution < 1.29 is 24.2 Å². The van der Waals surface area contributed by atoms with Crippen molar-refractivity contribution in [3.63, 3.8) is 0 Å². The van der Waals surface area contributed by atoms with Crippen molar-refractivity contribution in [1.82, 2.24) is 5.32 Å². The minimum atomic E-state index is -1.07. The summed E-state index contributed by atoms with van der Waals surface area (Å²) in [7, 11) is 0. The first-order valence-electron chi connectivity index (χ1n) is 7.75. The number of aliphatic hydroxyl groups is 1. The summed E-state index contributed by atoms with van der Waals surface area (Å²) in [6.45, 7) is 10.3. The van der Waals surface area contributed by atoms with E-state index < -0.39 is 35.4 Å². The van der Waals surface area contributed by atoms with Crippen LogP contribution in [0, 0.1) is 0 Å². The van der Waals surface area contributed by atoms with Crippen LogP contribution in [0.5, 0.6) is 0 Å². The second-order valence-electron chi connectivity index (χ2n) is 7.36. The van der Waals surface area contributed by atoms with Crippen LogP contribution in [0.4, 0.5) is 4.79 Å². The normalized spacial score (nSPS) is 14.1. The molecule has 0 saturated heterocycles. The Balaban J connectivity index is 4.91. The molecular weight excluding hydrogens is 316 g/mol. The van der Waals surface area contributed by atoms with E-state index in [1.165, 1.54) is 0 Å². The van der Waals surface area contributed by atoms with Gasteiger partial charge in [-0.1, -0.05) is 5.11 Å². The average molecular weight is 344 g/mol. The lowest BCUT2D eigenvalue weighted by atomic mass is 10.1. The highest BCUT2D eigenvalue weighted by Gasteiger charge is 2.30. The number of carbonyl (C=O) groups excluding carboxylic acids is 2. The molecule has 0 fully saturated rings. The largest absolute Gasteiger partial charge is 0.458 e. The highest BCUT2D eigenvalue weighted by Crippen LogP contribution is 2.13. The first-order valence-corrected chi connectivity index (χ1v) is 7.75. The molecule has 1 amide bonds. The smallest absolute Gasteiger partial charge is 0.408 e. The van der Waals surface area contributed by atoms with Crippen molar-refractivity contribution in [2.45, 2.75) is 77.7 Å². The van der Waals surface area contributed by atoms with Gasteiger partial charge in [-0.15, -0.1) is 0 Å². The van der Waals surface area contributed by atoms with Crippen molar-refractivity contribution in [3.05, 3.63) is 10.4 Å². The van der Waals surface area contributed by atoms with E-state index in [-0.39, 0.29) is 19.4 Å². The van der Waals surface area contributed by atoms with Crippen molar-refractivity contribution in [3.8, 4) is 0 Å². The zero-order valence-electron chi connectivity index (χ0n) is 15.2. The quantitative estimate of drug-likeness (QED) is 0.317. The molecule has 2 N–H and O–H groups in total. The van der Waals surface area contributed by atoms with Gasteiger partial charge in [0.2, 0.25) is 0 Å². The van der Waals surface area contributed by atoms with Crippen molar-refractivity contribution in [2.24, 2.45) is 5.11 Å². The summed E-state index contributed by atoms with van der Waals surface area (Å²) in [5.41, 5.74) is 6.78. The Morgan fingerprint density at radius 1 is 1.17 bits per heavy atom. The van der Waals surface area contributed by atoms with Gasteiger partial charge in [-0.2, -0.15) is 0 Å². The van der Waals surface area contributed by atoms with Gasteiger partial charge in [0, 0.05) is 17.9 Å². The number of ether oxygens (including phenoxy) is 2. The van der Waals surface area contributed by atoms with Gasteiger partial charge in [0.15, 0.2) is 0 Å². The van der Waals surface area contributed by atoms with Crippen LogP contribution in [-0.4, -0.2) is 47.1 Å². The molecule has 9 nitrogen and oxygen atoms in total. The molecule has 0 aliphatic heterocycles. The van der Waals surface area contributed by atoms with E-state index in [4.69, 9.17) is 15.0 Å². The molecule has 0 saturated carbocycles. The molecular formula is C15H28N4O5. The van der Waals surface area contributed by atoms with E-state index in [1.54, 1.807) is 41.5 Å². The number of nitrogens with zero attached hydrogens (tertiary/aromatic N) is 3. The molecule has 0 unspecified atom stereocenters. The maximum absolute atomic E-state index is 12.2. The number of esters is 1. The number of carbonyl (C=O) groups is 2. The van der Waals surface area contributed by atoms with Crippen LogP contribution in [0.2, 0.25) is 0 Å². The Labute approximate surface area is 142 Å². The summed E-state index contributed by atoms with van der Waals surface area (Å²) in [5.74, 6) is -0.670. The van der Waals surface area contributed by atoms with E-state index in [1.807, 2.05) is 0 Å². The molecule has 0 aromatic carbocycles. The molecule has 0 spiro atoms. The minimum Gasteiger partial charge on any atom is -0.458 e. The zero-order valence-corrected chi connectivity index (χ0v) is 15.2. The van der Waals surface area contributed by atoms with Crippen LogP contribution in [-0.2, 0) is 14.3 Å². The van der Waals surface area contributed by atoms with Gasteiger partial charge in [-0.3, -0.25) is 0 Å². The second kappa shape index (κ2) is 9.34. The molecule has 0 aromatic heterocycles. The minimum absolute atomic E-state index is 0.0743. The highest BCUT2D eigenvalue weighted by molar-refractivity contribution is 5.81. The summed E-state index contributed by atoms with van der Waals surface area (Å²) in [6, 6.07) is -1.07. The zero-order chi connectivity index (χ0) is 19.0. The van der Waals surface area contributed by atoms with Gasteiger partial charge in [0.05, 0.1) is 6.10 Å². The Hall–Kier alpha value is -1.99. The maximum atomic E-state index is 12.2. The number of amides is 1. The predicted molar refractivity (Wildman–Crippen MR) is 88.3 cm³/mol. The third kappa shape index (κ3) is 11.6. The van der Waals surface area contributed by atoms with Gasteiger partial charge in [-0.25, -0.2) is 9.59 Å². The summed E-state index contributed by atoms with van der Waals surface area (Å²) >= 11 is 0. The number of hydrogen-bond acceptors (Lipinski definition) is 6. The van der Waals surface area contributed by atoms with Crippen LogP contribution >= 0.6 is 0 Å². The van der Waals surface area contributed by atoms with Crippen molar-refractivity contribution in [2.75, 3.05) is 6.54 Å². The average Bonchev–Trinajstić information content (AvgIpc) is 2.33. The fourth-order valence-electron chi connectivity index (χ4n) is 1.68. The lowest BCUT2D eigenvalue weighted by molar-refractivity contribution is -0.158. The first-order chi connectivity index (χ1) is 10.8. The van der Waals surface area contributed by atoms with Crippen LogP contribution in [0.15, 0.2) is 5.11 Å². The highest BCUT2D eigenvalue weighted by atomic mass is 16.6. The molecule has 0 rings (SSSR count). The van der Waals surface area contributed by atoms with E-state index in [2.05, 4.69) is 15.3 Å². The summed E-state index contributed by atoms with van der Waals surface area (Å²) < 4.78 is 10.4. The number of alkyl carbamates (subject to hydrolysis) is 1. The number of rotatable bonds is 7. The summed E-state index contributed by atoms with van der Waals surface area (Å²) in [4.78, 5) is 26.7. The Morgan fingerprint density at radius 3 is 2.17 bits per heavy atom. The standard InChI is InChI=1S/C15H28N4O5/c1-14(2,3)23-12(21)11(9-10(20)7-8-17-19-16)18-13(22)24-15(4,5)6/h10-11,20H,7-9H2,1-6H3,(H,18,22)/t10-,11+/m1/s1. The van der Waals surface area contributed by atoms with Crippen LogP contribution in [0.25, 0.3) is 10.4 Å². The van der Waals surface area contributed by atoms with E-state index in [0.29, 0.717) is 0 Å². The molecule has 0 heterocycles. The molecule has 0 radical (unpaired) electrons. The number of azide groups is 1. The summed E-state index contributed by atoms with van der Waals surface area (Å²) in [6.07, 6.45) is -1.63. The SMILES string of the molecule is CC(C)(C)OC(=O)N[C@@H](C[C@H](O)CCN=[N+]=[N-])C(=O)OC(C)(C)C. The predicted octanol–water partition coefficient (Wildman–Crippen LogP) is 2.67. The summed E-state index contributed by atoms with van der Waals surface area (Å²) in [5, 5.41) is 15.7. The van der Waals surface area contributed by atoms with Crippen molar-refractivity contribution >= 4 is 12.1 Å². The topological polar surface area (TPSA) is 134 Å². The second-order valence-corrected chi connectivity index (χ2v) is 7.36. The molecule has 0 aliphatic rings. The van der Waals surface area contributed by atoms with Crippen LogP contribution in [0.3, 0.4) is 0 Å². The van der Waals surface area contributed by atoms with Crippen LogP contribution in [0.1, 0.15) is 54.4 Å². The van der Waals surface area contributed by atoms with Gasteiger partial charge in [-0.05, 0) is 53.5 Å². The Kier molecular flexibility index (Phi) is 8.57.